The van der Waals surface area contributed by atoms with Crippen molar-refractivity contribution in [3.05, 3.63) is 0 Å². The molecule has 0 aliphatic rings. The van der Waals surface area contributed by atoms with Crippen LogP contribution in [0.2, 0.25) is 0 Å². The Kier molecular flexibility index (Phi) is 6.99. The van der Waals surface area contributed by atoms with Crippen molar-refractivity contribution in [1.29, 1.82) is 0 Å². The molecule has 2 atom stereocenters. The Balaban J connectivity index is 3.66. The van der Waals surface area contributed by atoms with E-state index >= 15 is 0 Å². The third-order valence-electron chi connectivity index (χ3n) is 2.43. The van der Waals surface area contributed by atoms with Crippen LogP contribution in [-0.4, -0.2) is 37.3 Å². The van der Waals surface area contributed by atoms with Gasteiger partial charge >= 0.3 is 6.18 Å². The van der Waals surface area contributed by atoms with Crippen molar-refractivity contribution in [2.45, 2.75) is 45.3 Å². The zero-order valence-corrected chi connectivity index (χ0v) is 10.3. The number of hydrogen-bond donors (Lipinski definition) is 1. The molecule has 0 bridgehead atoms. The third kappa shape index (κ3) is 10.2. The maximum atomic E-state index is 12.1. The lowest BCUT2D eigenvalue weighted by molar-refractivity contribution is -0.144. The minimum absolute atomic E-state index is 0.181. The van der Waals surface area contributed by atoms with Gasteiger partial charge in [0.05, 0.1) is 6.54 Å². The highest BCUT2D eigenvalue weighted by Gasteiger charge is 2.29. The van der Waals surface area contributed by atoms with Crippen LogP contribution in [0.15, 0.2) is 0 Å². The Morgan fingerprint density at radius 3 is 2.19 bits per heavy atom. The van der Waals surface area contributed by atoms with Gasteiger partial charge in [-0.2, -0.15) is 13.2 Å². The highest BCUT2D eigenvalue weighted by atomic mass is 19.4. The van der Waals surface area contributed by atoms with E-state index in [9.17, 15) is 13.2 Å². The molecule has 0 heterocycles. The Hall–Kier alpha value is -0.290. The summed E-state index contributed by atoms with van der Waals surface area (Å²) in [5, 5.41) is 0. The molecule has 0 saturated carbocycles. The molecule has 0 amide bonds. The molecule has 0 aromatic carbocycles. The number of nitrogens with two attached hydrogens (primary N) is 1. The fraction of sp³-hybridized carbons (Fsp3) is 1.00. The van der Waals surface area contributed by atoms with Gasteiger partial charge in [-0.15, -0.1) is 0 Å². The van der Waals surface area contributed by atoms with Gasteiger partial charge in [0.25, 0.3) is 0 Å². The van der Waals surface area contributed by atoms with Crippen LogP contribution in [-0.2, 0) is 0 Å². The van der Waals surface area contributed by atoms with Crippen molar-refractivity contribution in [3.8, 4) is 0 Å². The second-order valence-corrected chi connectivity index (χ2v) is 4.83. The molecule has 2 nitrogen and oxygen atoms in total. The molecule has 16 heavy (non-hydrogen) atoms. The van der Waals surface area contributed by atoms with Gasteiger partial charge in [0, 0.05) is 12.6 Å². The van der Waals surface area contributed by atoms with E-state index in [1.165, 1.54) is 11.9 Å². The summed E-state index contributed by atoms with van der Waals surface area (Å²) in [6.07, 6.45) is -1.24. The van der Waals surface area contributed by atoms with E-state index in [-0.39, 0.29) is 12.0 Å². The second-order valence-electron chi connectivity index (χ2n) is 4.83. The lowest BCUT2D eigenvalue weighted by atomic mass is 10.0. The zero-order chi connectivity index (χ0) is 12.8. The average Bonchev–Trinajstić information content (AvgIpc) is 1.98. The van der Waals surface area contributed by atoms with Crippen molar-refractivity contribution >= 4 is 0 Å². The van der Waals surface area contributed by atoms with Gasteiger partial charge in [-0.25, -0.2) is 0 Å². The molecule has 0 radical (unpaired) electrons. The van der Waals surface area contributed by atoms with Crippen LogP contribution < -0.4 is 5.73 Å². The predicted molar refractivity (Wildman–Crippen MR) is 60.2 cm³/mol. The minimum Gasteiger partial charge on any atom is -0.328 e. The Bertz CT molecular complexity index is 181. The summed E-state index contributed by atoms with van der Waals surface area (Å²) in [5.41, 5.74) is 5.60. The van der Waals surface area contributed by atoms with Crippen LogP contribution >= 0.6 is 0 Å². The van der Waals surface area contributed by atoms with Crippen LogP contribution in [0.1, 0.15) is 33.1 Å². The third-order valence-corrected chi connectivity index (χ3v) is 2.43. The molecule has 0 aromatic rings. The highest BCUT2D eigenvalue weighted by molar-refractivity contribution is 4.64. The molecule has 2 N–H and O–H groups in total. The highest BCUT2D eigenvalue weighted by Crippen LogP contribution is 2.17. The summed E-state index contributed by atoms with van der Waals surface area (Å²) < 4.78 is 36.2. The lowest BCUT2D eigenvalue weighted by Crippen LogP contribution is -2.34. The summed E-state index contributed by atoms with van der Waals surface area (Å²) in [6, 6.07) is 0.181. The van der Waals surface area contributed by atoms with Gasteiger partial charge in [-0.05, 0) is 32.7 Å². The second kappa shape index (κ2) is 7.12. The first-order chi connectivity index (χ1) is 7.20. The van der Waals surface area contributed by atoms with E-state index < -0.39 is 12.7 Å². The number of rotatable bonds is 7. The van der Waals surface area contributed by atoms with E-state index in [1.807, 2.05) is 13.8 Å². The Labute approximate surface area is 96.0 Å². The first-order valence-corrected chi connectivity index (χ1v) is 5.71. The van der Waals surface area contributed by atoms with Gasteiger partial charge in [0.15, 0.2) is 0 Å². The number of nitrogens with zero attached hydrogens (tertiary/aromatic N) is 1. The van der Waals surface area contributed by atoms with Crippen molar-refractivity contribution in [2.24, 2.45) is 11.7 Å². The number of halogens is 3. The molecule has 5 heteroatoms. The van der Waals surface area contributed by atoms with Crippen molar-refractivity contribution in [1.82, 2.24) is 4.90 Å². The molecule has 2 unspecified atom stereocenters. The molecule has 0 aliphatic heterocycles. The standard InChI is InChI=1S/C11H23F3N2/c1-9(5-4-6-10(2)15)7-16(3)8-11(12,13)14/h9-10H,4-8,15H2,1-3H3. The molecule has 0 saturated heterocycles. The normalized spacial score (nSPS) is 16.5. The quantitative estimate of drug-likeness (QED) is 0.741. The first-order valence-electron chi connectivity index (χ1n) is 5.71. The molecule has 0 rings (SSSR count). The van der Waals surface area contributed by atoms with Crippen molar-refractivity contribution in [2.75, 3.05) is 20.1 Å². The monoisotopic (exact) mass is 240 g/mol. The van der Waals surface area contributed by atoms with E-state index in [2.05, 4.69) is 0 Å². The van der Waals surface area contributed by atoms with Crippen LogP contribution in [0.3, 0.4) is 0 Å². The summed E-state index contributed by atoms with van der Waals surface area (Å²) in [4.78, 5) is 1.33. The van der Waals surface area contributed by atoms with Gasteiger partial charge in [-0.3, -0.25) is 4.90 Å². The Morgan fingerprint density at radius 1 is 1.19 bits per heavy atom. The largest absolute Gasteiger partial charge is 0.401 e. The zero-order valence-electron chi connectivity index (χ0n) is 10.3. The summed E-state index contributed by atoms with van der Waals surface area (Å²) in [7, 11) is 1.51. The van der Waals surface area contributed by atoms with Crippen molar-refractivity contribution < 1.29 is 13.2 Å². The summed E-state index contributed by atoms with van der Waals surface area (Å²) in [5.74, 6) is 0.283. The average molecular weight is 240 g/mol. The molecule has 0 fully saturated rings. The fourth-order valence-corrected chi connectivity index (χ4v) is 1.78. The van der Waals surface area contributed by atoms with Gasteiger partial charge < -0.3 is 5.73 Å². The van der Waals surface area contributed by atoms with Crippen LogP contribution in [0.5, 0.6) is 0 Å². The number of hydrogen-bond acceptors (Lipinski definition) is 2. The Morgan fingerprint density at radius 2 is 1.75 bits per heavy atom. The van der Waals surface area contributed by atoms with Crippen LogP contribution in [0, 0.1) is 5.92 Å². The summed E-state index contributed by atoms with van der Waals surface area (Å²) >= 11 is 0. The van der Waals surface area contributed by atoms with E-state index in [0.717, 1.165) is 19.3 Å². The van der Waals surface area contributed by atoms with Gasteiger partial charge in [0.2, 0.25) is 0 Å². The minimum atomic E-state index is -4.10. The molecule has 98 valence electrons. The van der Waals surface area contributed by atoms with Gasteiger partial charge in [0.1, 0.15) is 0 Å². The van der Waals surface area contributed by atoms with Crippen LogP contribution in [0.25, 0.3) is 0 Å². The number of alkyl halides is 3. The SMILES string of the molecule is CC(N)CCCC(C)CN(C)CC(F)(F)F. The molecule has 0 aromatic heterocycles. The topological polar surface area (TPSA) is 29.3 Å². The van der Waals surface area contributed by atoms with Gasteiger partial charge in [-0.1, -0.05) is 13.3 Å². The predicted octanol–water partition coefficient (Wildman–Crippen LogP) is 2.63. The molecular formula is C11H23F3N2. The lowest BCUT2D eigenvalue weighted by Gasteiger charge is -2.22. The van der Waals surface area contributed by atoms with E-state index in [1.54, 1.807) is 0 Å². The van der Waals surface area contributed by atoms with E-state index in [0.29, 0.717) is 6.54 Å². The fourth-order valence-electron chi connectivity index (χ4n) is 1.78. The maximum Gasteiger partial charge on any atom is 0.401 e. The molecular weight excluding hydrogens is 217 g/mol. The van der Waals surface area contributed by atoms with Crippen molar-refractivity contribution in [3.63, 3.8) is 0 Å². The first kappa shape index (κ1) is 15.7. The molecule has 0 aliphatic carbocycles. The van der Waals surface area contributed by atoms with E-state index in [4.69, 9.17) is 5.73 Å². The molecule has 0 spiro atoms. The van der Waals surface area contributed by atoms with Crippen LogP contribution in [0.4, 0.5) is 13.2 Å². The maximum absolute atomic E-state index is 12.1. The smallest absolute Gasteiger partial charge is 0.328 e. The summed E-state index contributed by atoms with van der Waals surface area (Å²) in [6.45, 7) is 3.58.